The van der Waals surface area contributed by atoms with E-state index in [9.17, 15) is 13.2 Å². The summed E-state index contributed by atoms with van der Waals surface area (Å²) in [6.07, 6.45) is -1.26. The molecule has 0 unspecified atom stereocenters. The lowest BCUT2D eigenvalue weighted by atomic mass is 10.0. The van der Waals surface area contributed by atoms with Crippen LogP contribution in [0, 0.1) is 17.8 Å². The Kier molecular flexibility index (Phi) is 3.45. The number of likely N-dealkylation sites (tertiary alicyclic amines) is 1. The summed E-state index contributed by atoms with van der Waals surface area (Å²) >= 11 is 0. The van der Waals surface area contributed by atoms with Crippen molar-refractivity contribution in [1.82, 2.24) is 4.90 Å². The molecule has 2 nitrogen and oxygen atoms in total. The Balaban J connectivity index is 1.80. The first-order valence-electron chi connectivity index (χ1n) is 5.88. The molecule has 5 heteroatoms. The van der Waals surface area contributed by atoms with Crippen molar-refractivity contribution >= 4 is 0 Å². The van der Waals surface area contributed by atoms with Crippen LogP contribution in [-0.4, -0.2) is 42.4 Å². The Labute approximate surface area is 93.4 Å². The maximum absolute atomic E-state index is 12.2. The van der Waals surface area contributed by atoms with Crippen LogP contribution in [0.5, 0.6) is 0 Å². The molecular formula is C11H18F3NO. The van der Waals surface area contributed by atoms with Crippen LogP contribution < -0.4 is 0 Å². The quantitative estimate of drug-likeness (QED) is 0.810. The largest absolute Gasteiger partial charge is 0.401 e. The third-order valence-corrected chi connectivity index (χ3v) is 3.86. The highest BCUT2D eigenvalue weighted by molar-refractivity contribution is 4.92. The van der Waals surface area contributed by atoms with Crippen molar-refractivity contribution < 1.29 is 18.3 Å². The van der Waals surface area contributed by atoms with Crippen LogP contribution in [0.4, 0.5) is 13.2 Å². The fourth-order valence-electron chi connectivity index (χ4n) is 3.32. The van der Waals surface area contributed by atoms with Gasteiger partial charge < -0.3 is 5.11 Å². The van der Waals surface area contributed by atoms with Crippen molar-refractivity contribution in [2.45, 2.75) is 25.4 Å². The summed E-state index contributed by atoms with van der Waals surface area (Å²) < 4.78 is 36.6. The zero-order valence-corrected chi connectivity index (χ0v) is 9.21. The van der Waals surface area contributed by atoms with Crippen LogP contribution in [0.25, 0.3) is 0 Å². The summed E-state index contributed by atoms with van der Waals surface area (Å²) in [5.74, 6) is 1.39. The minimum atomic E-state index is -4.07. The molecule has 16 heavy (non-hydrogen) atoms. The minimum absolute atomic E-state index is 0.205. The van der Waals surface area contributed by atoms with E-state index >= 15 is 0 Å². The molecule has 1 heterocycles. The van der Waals surface area contributed by atoms with Gasteiger partial charge in [0.05, 0.1) is 6.54 Å². The lowest BCUT2D eigenvalue weighted by Gasteiger charge is -2.19. The molecule has 94 valence electrons. The highest BCUT2D eigenvalue weighted by Gasteiger charge is 2.43. The Bertz CT molecular complexity index is 230. The van der Waals surface area contributed by atoms with Gasteiger partial charge in [-0.25, -0.2) is 0 Å². The molecule has 1 saturated carbocycles. The van der Waals surface area contributed by atoms with Gasteiger partial charge in [-0.2, -0.15) is 13.2 Å². The molecule has 0 aromatic carbocycles. The van der Waals surface area contributed by atoms with Crippen LogP contribution >= 0.6 is 0 Å². The van der Waals surface area contributed by atoms with E-state index in [1.165, 1.54) is 4.90 Å². The summed E-state index contributed by atoms with van der Waals surface area (Å²) in [6.45, 7) is 0.624. The monoisotopic (exact) mass is 237 g/mol. The van der Waals surface area contributed by atoms with Crippen LogP contribution in [0.3, 0.4) is 0 Å². The normalized spacial score (nSPS) is 35.6. The number of aliphatic hydroxyl groups is 1. The lowest BCUT2D eigenvalue weighted by Crippen LogP contribution is -2.33. The smallest absolute Gasteiger partial charge is 0.396 e. The Morgan fingerprint density at radius 1 is 1.12 bits per heavy atom. The summed E-state index contributed by atoms with van der Waals surface area (Å²) in [5, 5.41) is 8.84. The third kappa shape index (κ3) is 2.88. The summed E-state index contributed by atoms with van der Waals surface area (Å²) in [7, 11) is 0. The van der Waals surface area contributed by atoms with E-state index in [-0.39, 0.29) is 6.61 Å². The fourth-order valence-corrected chi connectivity index (χ4v) is 3.32. The summed E-state index contributed by atoms with van der Waals surface area (Å²) in [4.78, 5) is 1.53. The second-order valence-corrected chi connectivity index (χ2v) is 5.18. The van der Waals surface area contributed by atoms with Crippen molar-refractivity contribution in [3.8, 4) is 0 Å². The standard InChI is InChI=1S/C11H18F3NO/c12-11(13,14)7-15-5-9-3-8(1-2-16)4-10(9)6-15/h8-10,16H,1-7H2/t8-,9-,10+. The molecule has 0 spiro atoms. The van der Waals surface area contributed by atoms with E-state index in [0.717, 1.165) is 19.3 Å². The van der Waals surface area contributed by atoms with Gasteiger partial charge >= 0.3 is 6.18 Å². The van der Waals surface area contributed by atoms with Crippen LogP contribution in [0.2, 0.25) is 0 Å². The van der Waals surface area contributed by atoms with E-state index in [1.54, 1.807) is 0 Å². The van der Waals surface area contributed by atoms with Gasteiger partial charge in [-0.05, 0) is 37.0 Å². The highest BCUT2D eigenvalue weighted by Crippen LogP contribution is 2.43. The van der Waals surface area contributed by atoms with Crippen molar-refractivity contribution in [2.24, 2.45) is 17.8 Å². The number of alkyl halides is 3. The van der Waals surface area contributed by atoms with Crippen LogP contribution in [0.1, 0.15) is 19.3 Å². The molecule has 0 aromatic heterocycles. The second kappa shape index (κ2) is 4.53. The number of halogens is 3. The molecule has 2 rings (SSSR count). The summed E-state index contributed by atoms with van der Waals surface area (Å²) in [5.41, 5.74) is 0. The molecule has 0 aromatic rings. The molecule has 1 aliphatic heterocycles. The van der Waals surface area contributed by atoms with Crippen molar-refractivity contribution in [3.63, 3.8) is 0 Å². The highest BCUT2D eigenvalue weighted by atomic mass is 19.4. The first kappa shape index (κ1) is 12.2. The number of rotatable bonds is 3. The van der Waals surface area contributed by atoms with Crippen LogP contribution in [0.15, 0.2) is 0 Å². The molecule has 3 atom stereocenters. The molecule has 1 saturated heterocycles. The lowest BCUT2D eigenvalue weighted by molar-refractivity contribution is -0.144. The van der Waals surface area contributed by atoms with Crippen molar-refractivity contribution in [1.29, 1.82) is 0 Å². The molecular weight excluding hydrogens is 219 g/mol. The summed E-state index contributed by atoms with van der Waals surface area (Å²) in [6, 6.07) is 0. The SMILES string of the molecule is OCC[C@@H]1C[C@@H]2CN(CC(F)(F)F)C[C@@H]2C1. The fraction of sp³-hybridized carbons (Fsp3) is 1.00. The van der Waals surface area contributed by atoms with Gasteiger partial charge in [-0.3, -0.25) is 4.90 Å². The van der Waals surface area contributed by atoms with Gasteiger partial charge in [0.2, 0.25) is 0 Å². The molecule has 0 bridgehead atoms. The average molecular weight is 237 g/mol. The van der Waals surface area contributed by atoms with E-state index in [1.807, 2.05) is 0 Å². The van der Waals surface area contributed by atoms with Gasteiger partial charge in [0, 0.05) is 19.7 Å². The van der Waals surface area contributed by atoms with E-state index in [4.69, 9.17) is 5.11 Å². The van der Waals surface area contributed by atoms with E-state index in [0.29, 0.717) is 30.8 Å². The number of fused-ring (bicyclic) bond motifs is 1. The molecule has 2 aliphatic rings. The second-order valence-electron chi connectivity index (χ2n) is 5.18. The Morgan fingerprint density at radius 3 is 2.12 bits per heavy atom. The van der Waals surface area contributed by atoms with E-state index < -0.39 is 12.7 Å². The topological polar surface area (TPSA) is 23.5 Å². The predicted octanol–water partition coefficient (Wildman–Crippen LogP) is 1.89. The zero-order valence-electron chi connectivity index (χ0n) is 9.21. The molecule has 1 N–H and O–H groups in total. The first-order valence-corrected chi connectivity index (χ1v) is 5.88. The molecule has 0 amide bonds. The van der Waals surface area contributed by atoms with E-state index in [2.05, 4.69) is 0 Å². The third-order valence-electron chi connectivity index (χ3n) is 3.86. The number of aliphatic hydroxyl groups excluding tert-OH is 1. The number of hydrogen-bond acceptors (Lipinski definition) is 2. The van der Waals surface area contributed by atoms with Gasteiger partial charge in [-0.15, -0.1) is 0 Å². The maximum atomic E-state index is 12.2. The van der Waals surface area contributed by atoms with Gasteiger partial charge in [0.25, 0.3) is 0 Å². The van der Waals surface area contributed by atoms with Gasteiger partial charge in [0.1, 0.15) is 0 Å². The van der Waals surface area contributed by atoms with Crippen molar-refractivity contribution in [2.75, 3.05) is 26.2 Å². The van der Waals surface area contributed by atoms with Crippen molar-refractivity contribution in [3.05, 3.63) is 0 Å². The maximum Gasteiger partial charge on any atom is 0.401 e. The van der Waals surface area contributed by atoms with Crippen LogP contribution in [-0.2, 0) is 0 Å². The first-order chi connectivity index (χ1) is 7.48. The Hall–Kier alpha value is -0.290. The molecule has 0 radical (unpaired) electrons. The average Bonchev–Trinajstić information content (AvgIpc) is 2.58. The van der Waals surface area contributed by atoms with Gasteiger partial charge in [0.15, 0.2) is 0 Å². The Morgan fingerprint density at radius 2 is 1.69 bits per heavy atom. The molecule has 2 fully saturated rings. The minimum Gasteiger partial charge on any atom is -0.396 e. The van der Waals surface area contributed by atoms with Gasteiger partial charge in [-0.1, -0.05) is 0 Å². The molecule has 1 aliphatic carbocycles. The predicted molar refractivity (Wildman–Crippen MR) is 53.9 cm³/mol. The number of nitrogens with zero attached hydrogens (tertiary/aromatic N) is 1. The number of hydrogen-bond donors (Lipinski definition) is 1. The zero-order chi connectivity index (χ0) is 11.8.